The topological polar surface area (TPSA) is 98.7 Å². The van der Waals surface area contributed by atoms with Gasteiger partial charge in [-0.3, -0.25) is 10.1 Å². The van der Waals surface area contributed by atoms with Crippen LogP contribution in [0.15, 0.2) is 42.5 Å². The highest BCUT2D eigenvalue weighted by molar-refractivity contribution is 5.89. The molecule has 0 aliphatic heterocycles. The average Bonchev–Trinajstić information content (AvgIpc) is 2.60. The van der Waals surface area contributed by atoms with Crippen molar-refractivity contribution in [2.24, 2.45) is 5.92 Å². The van der Waals surface area contributed by atoms with E-state index in [9.17, 15) is 19.8 Å². The van der Waals surface area contributed by atoms with E-state index in [4.69, 9.17) is 0 Å². The molecule has 6 heteroatoms. The maximum Gasteiger partial charge on any atom is 0.326 e. The van der Waals surface area contributed by atoms with E-state index in [0.29, 0.717) is 12.8 Å². The first-order valence-corrected chi connectivity index (χ1v) is 9.22. The minimum absolute atomic E-state index is 0.132. The Hall–Kier alpha value is -2.44. The van der Waals surface area contributed by atoms with E-state index in [0.717, 1.165) is 16.3 Å². The number of hydrogen-bond acceptors (Lipinski definition) is 4. The number of carbonyl (C=O) groups is 2. The Morgan fingerprint density at radius 3 is 2.30 bits per heavy atom. The highest BCUT2D eigenvalue weighted by atomic mass is 16.4. The second-order valence-electron chi connectivity index (χ2n) is 7.27. The smallest absolute Gasteiger partial charge is 0.326 e. The molecule has 1 unspecified atom stereocenters. The lowest BCUT2D eigenvalue weighted by molar-refractivity contribution is -0.142. The van der Waals surface area contributed by atoms with Crippen molar-refractivity contribution in [1.29, 1.82) is 0 Å². The van der Waals surface area contributed by atoms with Crippen molar-refractivity contribution in [2.75, 3.05) is 0 Å². The van der Waals surface area contributed by atoms with Crippen LogP contribution in [0, 0.1) is 5.92 Å². The standard InChI is InChI=1S/C21H28N2O4/c1-13(2)11-19(21(26)27)23-20(25)18(22-14(3)24)12-16-9-6-8-15-7-4-5-10-17(15)16/h4-10,13-14,18-19,22,24H,11-12H2,1-3H3,(H,23,25)(H,26,27)/t14?,18-,19-/m0/s1. The van der Waals surface area contributed by atoms with Crippen LogP contribution in [0.2, 0.25) is 0 Å². The van der Waals surface area contributed by atoms with Gasteiger partial charge in [-0.05, 0) is 42.0 Å². The summed E-state index contributed by atoms with van der Waals surface area (Å²) in [6.45, 7) is 5.35. The Labute approximate surface area is 159 Å². The van der Waals surface area contributed by atoms with Crippen LogP contribution >= 0.6 is 0 Å². The number of hydrogen-bond donors (Lipinski definition) is 4. The number of carboxylic acids is 1. The maximum atomic E-state index is 12.8. The first-order chi connectivity index (χ1) is 12.8. The molecule has 0 fully saturated rings. The molecule has 2 aromatic carbocycles. The lowest BCUT2D eigenvalue weighted by atomic mass is 9.97. The Bertz CT molecular complexity index is 783. The van der Waals surface area contributed by atoms with Gasteiger partial charge < -0.3 is 15.5 Å². The third kappa shape index (κ3) is 6.05. The molecular weight excluding hydrogens is 344 g/mol. The number of fused-ring (bicyclic) bond motifs is 1. The van der Waals surface area contributed by atoms with E-state index >= 15 is 0 Å². The lowest BCUT2D eigenvalue weighted by Gasteiger charge is -2.24. The van der Waals surface area contributed by atoms with E-state index in [2.05, 4.69) is 10.6 Å². The third-order valence-electron chi connectivity index (χ3n) is 4.38. The number of aliphatic hydroxyl groups excluding tert-OH is 1. The fraction of sp³-hybridized carbons (Fsp3) is 0.429. The summed E-state index contributed by atoms with van der Waals surface area (Å²) in [7, 11) is 0. The number of benzene rings is 2. The van der Waals surface area contributed by atoms with Crippen molar-refractivity contribution in [3.05, 3.63) is 48.0 Å². The highest BCUT2D eigenvalue weighted by Crippen LogP contribution is 2.20. The molecular formula is C21H28N2O4. The molecule has 2 rings (SSSR count). The van der Waals surface area contributed by atoms with Crippen molar-refractivity contribution >= 4 is 22.6 Å². The fourth-order valence-corrected chi connectivity index (χ4v) is 3.17. The predicted octanol–water partition coefficient (Wildman–Crippen LogP) is 2.29. The lowest BCUT2D eigenvalue weighted by Crippen LogP contribution is -2.53. The van der Waals surface area contributed by atoms with Gasteiger partial charge in [-0.25, -0.2) is 4.79 Å². The van der Waals surface area contributed by atoms with E-state index < -0.39 is 30.2 Å². The monoisotopic (exact) mass is 372 g/mol. The zero-order valence-electron chi connectivity index (χ0n) is 16.0. The molecule has 0 radical (unpaired) electrons. The average molecular weight is 372 g/mol. The number of nitrogens with one attached hydrogen (secondary N) is 2. The zero-order chi connectivity index (χ0) is 20.0. The van der Waals surface area contributed by atoms with Gasteiger partial charge in [0.25, 0.3) is 0 Å². The molecule has 0 aliphatic carbocycles. The molecule has 1 amide bonds. The first-order valence-electron chi connectivity index (χ1n) is 9.22. The van der Waals surface area contributed by atoms with Crippen LogP contribution in [0.3, 0.4) is 0 Å². The molecule has 0 bridgehead atoms. The van der Waals surface area contributed by atoms with Crippen LogP contribution in [0.5, 0.6) is 0 Å². The predicted molar refractivity (Wildman–Crippen MR) is 105 cm³/mol. The summed E-state index contributed by atoms with van der Waals surface area (Å²) < 4.78 is 0. The van der Waals surface area contributed by atoms with Crippen LogP contribution < -0.4 is 10.6 Å². The Morgan fingerprint density at radius 2 is 1.67 bits per heavy atom. The largest absolute Gasteiger partial charge is 0.480 e. The number of aliphatic hydroxyl groups is 1. The number of aliphatic carboxylic acids is 1. The van der Waals surface area contributed by atoms with Crippen molar-refractivity contribution in [2.45, 2.75) is 51.9 Å². The van der Waals surface area contributed by atoms with E-state index in [-0.39, 0.29) is 5.92 Å². The molecule has 0 saturated heterocycles. The summed E-state index contributed by atoms with van der Waals surface area (Å²) in [6.07, 6.45) is -0.216. The number of carboxylic acid groups (broad SMARTS) is 1. The summed E-state index contributed by atoms with van der Waals surface area (Å²) in [5.41, 5.74) is 0.956. The third-order valence-corrected chi connectivity index (χ3v) is 4.38. The maximum absolute atomic E-state index is 12.8. The normalized spacial score (nSPS) is 14.7. The zero-order valence-corrected chi connectivity index (χ0v) is 16.0. The Kier molecular flexibility index (Phi) is 7.33. The number of carbonyl (C=O) groups excluding carboxylic acids is 1. The molecule has 0 aliphatic rings. The highest BCUT2D eigenvalue weighted by Gasteiger charge is 2.27. The quantitative estimate of drug-likeness (QED) is 0.506. The van der Waals surface area contributed by atoms with E-state index in [1.165, 1.54) is 6.92 Å². The van der Waals surface area contributed by atoms with Crippen molar-refractivity contribution < 1.29 is 19.8 Å². The van der Waals surface area contributed by atoms with Gasteiger partial charge >= 0.3 is 5.97 Å². The second-order valence-corrected chi connectivity index (χ2v) is 7.27. The molecule has 0 heterocycles. The van der Waals surface area contributed by atoms with Gasteiger partial charge in [0.15, 0.2) is 0 Å². The summed E-state index contributed by atoms with van der Waals surface area (Å²) in [5, 5.41) is 26.7. The van der Waals surface area contributed by atoms with Crippen LogP contribution in [0.25, 0.3) is 10.8 Å². The minimum Gasteiger partial charge on any atom is -0.480 e. The molecule has 0 aromatic heterocycles. The van der Waals surface area contributed by atoms with Gasteiger partial charge in [-0.2, -0.15) is 0 Å². The van der Waals surface area contributed by atoms with Crippen molar-refractivity contribution in [3.63, 3.8) is 0 Å². The molecule has 146 valence electrons. The number of amides is 1. The molecule has 0 saturated carbocycles. The van der Waals surface area contributed by atoms with Crippen LogP contribution in [-0.2, 0) is 16.0 Å². The summed E-state index contributed by atoms with van der Waals surface area (Å²) in [6, 6.07) is 12.0. The Balaban J connectivity index is 2.23. The summed E-state index contributed by atoms with van der Waals surface area (Å²) >= 11 is 0. The van der Waals surface area contributed by atoms with Gasteiger partial charge in [-0.15, -0.1) is 0 Å². The minimum atomic E-state index is -1.06. The molecule has 2 aromatic rings. The molecule has 0 spiro atoms. The van der Waals surface area contributed by atoms with Gasteiger partial charge in [-0.1, -0.05) is 56.3 Å². The molecule has 4 N–H and O–H groups in total. The van der Waals surface area contributed by atoms with E-state index in [1.54, 1.807) is 0 Å². The van der Waals surface area contributed by atoms with Gasteiger partial charge in [0.05, 0.1) is 6.04 Å². The van der Waals surface area contributed by atoms with Crippen molar-refractivity contribution in [3.8, 4) is 0 Å². The van der Waals surface area contributed by atoms with Crippen LogP contribution in [0.1, 0.15) is 32.8 Å². The summed E-state index contributed by atoms with van der Waals surface area (Å²) in [4.78, 5) is 24.2. The number of rotatable bonds is 9. The second kappa shape index (κ2) is 9.48. The van der Waals surface area contributed by atoms with Crippen LogP contribution in [0.4, 0.5) is 0 Å². The van der Waals surface area contributed by atoms with Gasteiger partial charge in [0.1, 0.15) is 12.3 Å². The van der Waals surface area contributed by atoms with Gasteiger partial charge in [0, 0.05) is 0 Å². The molecule has 3 atom stereocenters. The van der Waals surface area contributed by atoms with Gasteiger partial charge in [0.2, 0.25) is 5.91 Å². The molecule has 27 heavy (non-hydrogen) atoms. The molecule has 6 nitrogen and oxygen atoms in total. The first kappa shape index (κ1) is 20.9. The van der Waals surface area contributed by atoms with Crippen LogP contribution in [-0.4, -0.2) is 40.4 Å². The van der Waals surface area contributed by atoms with E-state index in [1.807, 2.05) is 56.3 Å². The fourth-order valence-electron chi connectivity index (χ4n) is 3.17. The Morgan fingerprint density at radius 1 is 1.00 bits per heavy atom. The summed E-state index contributed by atoms with van der Waals surface area (Å²) in [5.74, 6) is -1.36. The SMILES string of the molecule is CC(C)C[C@H](NC(=O)[C@H](Cc1cccc2ccccc12)NC(C)O)C(=O)O. The van der Waals surface area contributed by atoms with Crippen molar-refractivity contribution in [1.82, 2.24) is 10.6 Å².